The molecule has 0 aromatic heterocycles. The molecule has 2 unspecified atom stereocenters. The van der Waals surface area contributed by atoms with E-state index in [9.17, 15) is 0 Å². The molecule has 0 aromatic carbocycles. The molecule has 0 bridgehead atoms. The third-order valence-corrected chi connectivity index (χ3v) is 2.93. The highest BCUT2D eigenvalue weighted by Crippen LogP contribution is 2.20. The van der Waals surface area contributed by atoms with Gasteiger partial charge in [0.25, 0.3) is 0 Å². The molecule has 0 saturated carbocycles. The summed E-state index contributed by atoms with van der Waals surface area (Å²) in [5, 5.41) is 8.67. The van der Waals surface area contributed by atoms with Gasteiger partial charge in [0.15, 0.2) is 0 Å². The third kappa shape index (κ3) is 6.39. The van der Waals surface area contributed by atoms with Crippen LogP contribution in [0, 0.1) is 5.92 Å². The van der Waals surface area contributed by atoms with Gasteiger partial charge in [-0.2, -0.15) is 0 Å². The van der Waals surface area contributed by atoms with E-state index in [0.717, 1.165) is 25.2 Å². The second kappa shape index (κ2) is 9.47. The number of hydrogen-bond acceptors (Lipinski definition) is 2. The molecule has 0 rings (SSSR count). The van der Waals surface area contributed by atoms with Crippen molar-refractivity contribution in [2.24, 2.45) is 5.92 Å². The summed E-state index contributed by atoms with van der Waals surface area (Å²) >= 11 is 0. The monoisotopic (exact) mass is 202 g/mol. The molecule has 86 valence electrons. The lowest BCUT2D eigenvalue weighted by Gasteiger charge is -2.17. The summed E-state index contributed by atoms with van der Waals surface area (Å²) in [6, 6.07) is 0. The average Bonchev–Trinajstić information content (AvgIpc) is 2.22. The van der Waals surface area contributed by atoms with Crippen LogP contribution in [0.2, 0.25) is 0 Å². The van der Waals surface area contributed by atoms with Gasteiger partial charge in [-0.25, -0.2) is 4.89 Å². The van der Waals surface area contributed by atoms with E-state index >= 15 is 0 Å². The van der Waals surface area contributed by atoms with Crippen LogP contribution in [0.15, 0.2) is 0 Å². The Morgan fingerprint density at radius 3 is 2.00 bits per heavy atom. The van der Waals surface area contributed by atoms with Crippen molar-refractivity contribution in [3.63, 3.8) is 0 Å². The molecule has 0 aliphatic carbocycles. The lowest BCUT2D eigenvalue weighted by molar-refractivity contribution is -0.281. The maximum Gasteiger partial charge on any atom is 0.0927 e. The SMILES string of the molecule is CCCC(CC)CCC(CCC)OO. The summed E-state index contributed by atoms with van der Waals surface area (Å²) < 4.78 is 0. The molecule has 14 heavy (non-hydrogen) atoms. The molecule has 2 heteroatoms. The lowest BCUT2D eigenvalue weighted by Crippen LogP contribution is -2.12. The van der Waals surface area contributed by atoms with E-state index < -0.39 is 0 Å². The fourth-order valence-electron chi connectivity index (χ4n) is 1.95. The Morgan fingerprint density at radius 1 is 0.929 bits per heavy atom. The van der Waals surface area contributed by atoms with Gasteiger partial charge in [0.1, 0.15) is 0 Å². The van der Waals surface area contributed by atoms with E-state index in [1.807, 2.05) is 0 Å². The highest BCUT2D eigenvalue weighted by atomic mass is 17.1. The minimum Gasteiger partial charge on any atom is -0.252 e. The largest absolute Gasteiger partial charge is 0.252 e. The van der Waals surface area contributed by atoms with Crippen LogP contribution in [0.1, 0.15) is 65.7 Å². The Bertz CT molecular complexity index is 101. The van der Waals surface area contributed by atoms with E-state index in [1.165, 1.54) is 25.7 Å². The van der Waals surface area contributed by atoms with Gasteiger partial charge in [0, 0.05) is 0 Å². The fraction of sp³-hybridized carbons (Fsp3) is 1.00. The molecule has 0 amide bonds. The standard InChI is InChI=1S/C12H26O2/c1-4-7-11(6-3)9-10-12(14-13)8-5-2/h11-13H,4-10H2,1-3H3. The highest BCUT2D eigenvalue weighted by molar-refractivity contribution is 4.62. The van der Waals surface area contributed by atoms with Crippen molar-refractivity contribution in [2.45, 2.75) is 71.8 Å². The first-order chi connectivity index (χ1) is 6.78. The quantitative estimate of drug-likeness (QED) is 0.447. The third-order valence-electron chi connectivity index (χ3n) is 2.93. The van der Waals surface area contributed by atoms with Gasteiger partial charge in [0.2, 0.25) is 0 Å². The molecular weight excluding hydrogens is 176 g/mol. The zero-order valence-electron chi connectivity index (χ0n) is 9.96. The molecule has 0 saturated heterocycles. The van der Waals surface area contributed by atoms with Crippen LogP contribution in [0.3, 0.4) is 0 Å². The Kier molecular flexibility index (Phi) is 9.42. The van der Waals surface area contributed by atoms with Gasteiger partial charge in [0.05, 0.1) is 6.10 Å². The molecular formula is C12H26O2. The smallest absolute Gasteiger partial charge is 0.0927 e. The van der Waals surface area contributed by atoms with Crippen LogP contribution in [-0.2, 0) is 4.89 Å². The van der Waals surface area contributed by atoms with Crippen molar-refractivity contribution in [3.8, 4) is 0 Å². The summed E-state index contributed by atoms with van der Waals surface area (Å²) in [4.78, 5) is 4.46. The van der Waals surface area contributed by atoms with E-state index in [-0.39, 0.29) is 6.10 Å². The summed E-state index contributed by atoms with van der Waals surface area (Å²) in [6.45, 7) is 6.60. The van der Waals surface area contributed by atoms with Crippen LogP contribution < -0.4 is 0 Å². The van der Waals surface area contributed by atoms with Crippen molar-refractivity contribution >= 4 is 0 Å². The predicted molar refractivity (Wildman–Crippen MR) is 60.3 cm³/mol. The maximum atomic E-state index is 8.67. The molecule has 0 aliphatic heterocycles. The van der Waals surface area contributed by atoms with Crippen molar-refractivity contribution in [1.29, 1.82) is 0 Å². The molecule has 0 aliphatic rings. The Labute approximate surface area is 88.6 Å². The molecule has 2 atom stereocenters. The molecule has 2 nitrogen and oxygen atoms in total. The summed E-state index contributed by atoms with van der Waals surface area (Å²) in [7, 11) is 0. The zero-order chi connectivity index (χ0) is 10.8. The van der Waals surface area contributed by atoms with E-state index in [1.54, 1.807) is 0 Å². The van der Waals surface area contributed by atoms with Gasteiger partial charge in [-0.15, -0.1) is 0 Å². The maximum absolute atomic E-state index is 8.67. The lowest BCUT2D eigenvalue weighted by atomic mass is 9.93. The van der Waals surface area contributed by atoms with Crippen molar-refractivity contribution < 1.29 is 10.1 Å². The zero-order valence-corrected chi connectivity index (χ0v) is 9.96. The topological polar surface area (TPSA) is 29.5 Å². The van der Waals surface area contributed by atoms with Gasteiger partial charge in [-0.05, 0) is 25.2 Å². The van der Waals surface area contributed by atoms with Crippen LogP contribution in [0.5, 0.6) is 0 Å². The van der Waals surface area contributed by atoms with Crippen LogP contribution in [-0.4, -0.2) is 11.4 Å². The first-order valence-corrected chi connectivity index (χ1v) is 6.08. The van der Waals surface area contributed by atoms with E-state index in [4.69, 9.17) is 5.26 Å². The minimum atomic E-state index is 0.0610. The second-order valence-electron chi connectivity index (χ2n) is 4.16. The molecule has 0 aromatic rings. The highest BCUT2D eigenvalue weighted by Gasteiger charge is 2.11. The normalized spacial score (nSPS) is 15.4. The van der Waals surface area contributed by atoms with E-state index in [0.29, 0.717) is 0 Å². The van der Waals surface area contributed by atoms with E-state index in [2.05, 4.69) is 25.7 Å². The summed E-state index contributed by atoms with van der Waals surface area (Å²) in [5.74, 6) is 0.814. The van der Waals surface area contributed by atoms with Gasteiger partial charge in [-0.3, -0.25) is 5.26 Å². The molecule has 0 radical (unpaired) electrons. The Balaban J connectivity index is 3.63. The number of hydrogen-bond donors (Lipinski definition) is 1. The second-order valence-corrected chi connectivity index (χ2v) is 4.16. The van der Waals surface area contributed by atoms with Crippen LogP contribution >= 0.6 is 0 Å². The molecule has 0 spiro atoms. The average molecular weight is 202 g/mol. The van der Waals surface area contributed by atoms with Gasteiger partial charge >= 0.3 is 0 Å². The molecule has 0 fully saturated rings. The summed E-state index contributed by atoms with van der Waals surface area (Å²) in [5.41, 5.74) is 0. The van der Waals surface area contributed by atoms with Crippen molar-refractivity contribution in [2.75, 3.05) is 0 Å². The van der Waals surface area contributed by atoms with Crippen LogP contribution in [0.4, 0.5) is 0 Å². The van der Waals surface area contributed by atoms with Crippen LogP contribution in [0.25, 0.3) is 0 Å². The molecule has 0 heterocycles. The predicted octanol–water partition coefficient (Wildman–Crippen LogP) is 4.25. The molecule has 1 N–H and O–H groups in total. The van der Waals surface area contributed by atoms with Gasteiger partial charge in [-0.1, -0.05) is 46.5 Å². The first kappa shape index (κ1) is 13.9. The minimum absolute atomic E-state index is 0.0610. The van der Waals surface area contributed by atoms with Gasteiger partial charge < -0.3 is 0 Å². The number of rotatable bonds is 9. The summed E-state index contributed by atoms with van der Waals surface area (Å²) in [6.07, 6.45) is 8.12. The van der Waals surface area contributed by atoms with Crippen molar-refractivity contribution in [1.82, 2.24) is 0 Å². The fourth-order valence-corrected chi connectivity index (χ4v) is 1.95. The van der Waals surface area contributed by atoms with Crippen molar-refractivity contribution in [3.05, 3.63) is 0 Å². The Hall–Kier alpha value is -0.0800. The Morgan fingerprint density at radius 2 is 1.57 bits per heavy atom. The first-order valence-electron chi connectivity index (χ1n) is 6.08.